The van der Waals surface area contributed by atoms with Crippen LogP contribution in [-0.2, 0) is 35.8 Å². The number of anilines is 2. The number of hydrogen-bond donors (Lipinski definition) is 0. The van der Waals surface area contributed by atoms with E-state index in [2.05, 4.69) is 64.5 Å². The molecule has 0 amide bonds. The van der Waals surface area contributed by atoms with Crippen molar-refractivity contribution in [3.05, 3.63) is 96.6 Å². The van der Waals surface area contributed by atoms with Gasteiger partial charge in [-0.2, -0.15) is 0 Å². The maximum absolute atomic E-state index is 17.0. The van der Waals surface area contributed by atoms with Crippen LogP contribution in [0, 0.1) is 0 Å². The summed E-state index contributed by atoms with van der Waals surface area (Å²) in [5.41, 5.74) is 3.75. The molecule has 0 spiro atoms. The number of halogens is 1. The van der Waals surface area contributed by atoms with Crippen molar-refractivity contribution in [1.29, 1.82) is 0 Å². The van der Waals surface area contributed by atoms with Gasteiger partial charge in [0.25, 0.3) is 8.41 Å². The van der Waals surface area contributed by atoms with Crippen LogP contribution < -0.4 is 29.2 Å². The Morgan fingerprint density at radius 1 is 0.591 bits per heavy atom. The van der Waals surface area contributed by atoms with E-state index in [9.17, 15) is 0 Å². The molecule has 3 aromatic carbocycles. The molecule has 66 heavy (non-hydrogen) atoms. The monoisotopic (exact) mass is 927 g/mol. The van der Waals surface area contributed by atoms with E-state index in [4.69, 9.17) is 23.7 Å². The first kappa shape index (κ1) is 48.8. The highest BCUT2D eigenvalue weighted by molar-refractivity contribution is 6.90. The normalized spacial score (nSPS) is 16.1. The second kappa shape index (κ2) is 22.1. The first-order chi connectivity index (χ1) is 31.7. The molecular weight excluding hydrogens is 856 g/mol. The Morgan fingerprint density at radius 2 is 1.06 bits per heavy atom. The molecule has 1 atom stereocenters. The van der Waals surface area contributed by atoms with Gasteiger partial charge in [0.15, 0.2) is 0 Å². The predicted octanol–water partition coefficient (Wildman–Crippen LogP) is 6.43. The molecule has 15 nitrogen and oxygen atoms in total. The highest BCUT2D eigenvalue weighted by Crippen LogP contribution is 2.51. The molecule has 0 bridgehead atoms. The molecule has 2 fully saturated rings. The van der Waals surface area contributed by atoms with E-state index in [1.54, 1.807) is 14.2 Å². The second-order valence-corrected chi connectivity index (χ2v) is 24.3. The molecule has 5 aromatic rings. The summed E-state index contributed by atoms with van der Waals surface area (Å²) in [7, 11) is 0.0402. The number of rotatable bonds is 21. The Kier molecular flexibility index (Phi) is 16.4. The zero-order valence-corrected chi connectivity index (χ0v) is 41.4. The van der Waals surface area contributed by atoms with Crippen LogP contribution in [0.15, 0.2) is 85.2 Å². The molecule has 0 radical (unpaired) electrons. The smallest absolute Gasteiger partial charge is 0.288 e. The van der Waals surface area contributed by atoms with Crippen molar-refractivity contribution in [2.75, 3.05) is 103 Å². The van der Waals surface area contributed by atoms with Gasteiger partial charge in [0.1, 0.15) is 41.3 Å². The van der Waals surface area contributed by atoms with Gasteiger partial charge < -0.3 is 37.6 Å². The minimum Gasteiger partial charge on any atom is -0.495 e. The van der Waals surface area contributed by atoms with Crippen molar-refractivity contribution in [2.45, 2.75) is 84.0 Å². The van der Waals surface area contributed by atoms with Gasteiger partial charge in [0.2, 0.25) is 0 Å². The van der Waals surface area contributed by atoms with Gasteiger partial charge in [0, 0.05) is 65.4 Å². The number of aromatic nitrogens is 6. The lowest BCUT2D eigenvalue weighted by atomic mass is 10.2. The highest BCUT2D eigenvalue weighted by atomic mass is 28.4. The molecule has 0 N–H and O–H groups in total. The van der Waals surface area contributed by atoms with Crippen LogP contribution in [0.4, 0.5) is 15.5 Å². The van der Waals surface area contributed by atoms with Crippen molar-refractivity contribution < 1.29 is 27.8 Å². The predicted molar refractivity (Wildman–Crippen MR) is 259 cm³/mol. The van der Waals surface area contributed by atoms with Gasteiger partial charge in [0.05, 0.1) is 70.9 Å². The maximum atomic E-state index is 17.0. The SMILES string of the molecule is COc1ccccc1N1CCN(CCn2cc(COCC(COc3ccc([Si](F)(C(C)(C)C)C(C)(C)C)cc3)OCc3cn(CCN4CCN(c5ccccc5OC)CC4)nn3)nn2)CC1. The molecule has 0 saturated carbocycles. The molecule has 0 aliphatic carbocycles. The lowest BCUT2D eigenvalue weighted by Crippen LogP contribution is -2.57. The summed E-state index contributed by atoms with van der Waals surface area (Å²) in [5, 5.41) is 17.4. The Morgan fingerprint density at radius 3 is 1.53 bits per heavy atom. The largest absolute Gasteiger partial charge is 0.495 e. The van der Waals surface area contributed by atoms with Crippen molar-refractivity contribution in [3.63, 3.8) is 0 Å². The number of piperazine rings is 2. The summed E-state index contributed by atoms with van der Waals surface area (Å²) in [6.45, 7) is 23.8. The van der Waals surface area contributed by atoms with Gasteiger partial charge in [-0.15, -0.1) is 10.2 Å². The Hall–Kier alpha value is -5.07. The van der Waals surface area contributed by atoms with Crippen LogP contribution in [0.1, 0.15) is 52.9 Å². The second-order valence-electron chi connectivity index (χ2n) is 19.4. The van der Waals surface area contributed by atoms with Gasteiger partial charge in [-0.05, 0) is 51.7 Å². The number of benzene rings is 3. The van der Waals surface area contributed by atoms with Crippen molar-refractivity contribution in [3.8, 4) is 17.2 Å². The number of nitrogens with zero attached hydrogens (tertiary/aromatic N) is 10. The molecule has 2 aliphatic rings. The summed E-state index contributed by atoms with van der Waals surface area (Å²) in [6, 6.07) is 23.9. The number of hydrogen-bond acceptors (Lipinski definition) is 13. The average molecular weight is 927 g/mol. The summed E-state index contributed by atoms with van der Waals surface area (Å²) in [6.07, 6.45) is 3.46. The first-order valence-electron chi connectivity index (χ1n) is 23.3. The quantitative estimate of drug-likeness (QED) is 0.0595. The third-order valence-electron chi connectivity index (χ3n) is 12.8. The van der Waals surface area contributed by atoms with Crippen LogP contribution in [-0.4, -0.2) is 147 Å². The van der Waals surface area contributed by atoms with E-state index < -0.39 is 24.6 Å². The fourth-order valence-corrected chi connectivity index (χ4v) is 13.9. The molecule has 7 rings (SSSR count). The molecule has 1 unspecified atom stereocenters. The summed E-state index contributed by atoms with van der Waals surface area (Å²) >= 11 is 0. The zero-order valence-electron chi connectivity index (χ0n) is 40.4. The molecule has 2 aliphatic heterocycles. The van der Waals surface area contributed by atoms with Crippen LogP contribution in [0.3, 0.4) is 0 Å². The maximum Gasteiger partial charge on any atom is 0.288 e. The highest BCUT2D eigenvalue weighted by Gasteiger charge is 2.56. The van der Waals surface area contributed by atoms with Crippen LogP contribution in [0.5, 0.6) is 17.2 Å². The van der Waals surface area contributed by atoms with E-state index in [-0.39, 0.29) is 26.4 Å². The van der Waals surface area contributed by atoms with Gasteiger partial charge in [-0.25, -0.2) is 0 Å². The lowest BCUT2D eigenvalue weighted by molar-refractivity contribution is -0.0503. The third kappa shape index (κ3) is 12.3. The van der Waals surface area contributed by atoms with Gasteiger partial charge >= 0.3 is 0 Å². The molecule has 17 heteroatoms. The minimum atomic E-state index is -3.40. The number of ether oxygens (including phenoxy) is 5. The fourth-order valence-electron chi connectivity index (χ4n) is 9.33. The average Bonchev–Trinajstić information content (AvgIpc) is 3.99. The van der Waals surface area contributed by atoms with Gasteiger partial charge in [-0.1, -0.05) is 88.4 Å². The fraction of sp³-hybridized carbons (Fsp3) is 0.551. The van der Waals surface area contributed by atoms with Crippen molar-refractivity contribution in [1.82, 2.24) is 39.8 Å². The molecule has 358 valence electrons. The van der Waals surface area contributed by atoms with E-state index >= 15 is 4.11 Å². The standard InChI is InChI=1S/C49H71FN10O5Si/c1-48(2,3)66(50,49(4,5)6)43-19-17-41(18-20-43)65-38-42(64-36-40-34-60(54-52-40)32-26-56-23-29-58(30-24-56)45-14-10-12-16-47(45)62-8)37-63-35-39-33-59(53-51-39)31-25-55-21-27-57(28-22-55)44-13-9-11-15-46(44)61-7/h9-20,33-34,42H,21-32,35-38H2,1-8H3. The van der Waals surface area contributed by atoms with E-state index in [1.807, 2.05) is 112 Å². The number of methoxy groups -OCH3 is 2. The molecular formula is C49H71FN10O5Si. The van der Waals surface area contributed by atoms with Crippen molar-refractivity contribution >= 4 is 25.0 Å². The molecule has 2 aromatic heterocycles. The first-order valence-corrected chi connectivity index (χ1v) is 25.2. The molecule has 2 saturated heterocycles. The number of para-hydroxylation sites is 4. The van der Waals surface area contributed by atoms with Crippen LogP contribution in [0.2, 0.25) is 10.1 Å². The third-order valence-corrected chi connectivity index (χ3v) is 18.1. The van der Waals surface area contributed by atoms with E-state index in [1.165, 1.54) is 0 Å². The topological polar surface area (TPSA) is 121 Å². The van der Waals surface area contributed by atoms with Crippen LogP contribution >= 0.6 is 0 Å². The van der Waals surface area contributed by atoms with E-state index in [0.717, 1.165) is 118 Å². The minimum absolute atomic E-state index is 0.224. The summed E-state index contributed by atoms with van der Waals surface area (Å²) < 4.78 is 50.8. The van der Waals surface area contributed by atoms with Gasteiger partial charge in [-0.3, -0.25) is 19.2 Å². The Balaban J connectivity index is 0.903. The lowest BCUT2D eigenvalue weighted by Gasteiger charge is -2.44. The zero-order chi connectivity index (χ0) is 46.7. The summed E-state index contributed by atoms with van der Waals surface area (Å²) in [4.78, 5) is 9.67. The Labute approximate surface area is 391 Å². The van der Waals surface area contributed by atoms with Crippen molar-refractivity contribution in [2.24, 2.45) is 0 Å². The summed E-state index contributed by atoms with van der Waals surface area (Å²) in [5.74, 6) is 2.46. The Bertz CT molecular complexity index is 2230. The van der Waals surface area contributed by atoms with E-state index in [0.29, 0.717) is 5.75 Å². The molecule has 4 heterocycles. The van der Waals surface area contributed by atoms with Crippen LogP contribution in [0.25, 0.3) is 0 Å².